The van der Waals surface area contributed by atoms with E-state index >= 15 is 0 Å². The molecule has 5 nitrogen and oxygen atoms in total. The molecule has 6 heteroatoms. The highest BCUT2D eigenvalue weighted by Gasteiger charge is 2.12. The summed E-state index contributed by atoms with van der Waals surface area (Å²) in [6.07, 6.45) is 3.43. The van der Waals surface area contributed by atoms with Crippen LogP contribution >= 0.6 is 0 Å². The lowest BCUT2D eigenvalue weighted by molar-refractivity contribution is 0.0869. The van der Waals surface area contributed by atoms with Gasteiger partial charge in [-0.1, -0.05) is 12.1 Å². The molecule has 0 aliphatic carbocycles. The van der Waals surface area contributed by atoms with E-state index in [1.807, 2.05) is 0 Å². The molecule has 118 valence electrons. The molecule has 1 unspecified atom stereocenters. The zero-order valence-electron chi connectivity index (χ0n) is 12.6. The van der Waals surface area contributed by atoms with Crippen LogP contribution in [0.1, 0.15) is 5.56 Å². The topological polar surface area (TPSA) is 57.0 Å². The summed E-state index contributed by atoms with van der Waals surface area (Å²) < 4.78 is 19.9. The molecule has 0 radical (unpaired) electrons. The summed E-state index contributed by atoms with van der Waals surface area (Å²) in [5.41, 5.74) is 1.66. The number of halogens is 1. The number of rotatable bonds is 5. The molecule has 0 amide bonds. The van der Waals surface area contributed by atoms with Gasteiger partial charge in [0.1, 0.15) is 5.82 Å². The molecule has 0 saturated carbocycles. The lowest BCUT2D eigenvalue weighted by atomic mass is 10.1. The Labute approximate surface area is 132 Å². The van der Waals surface area contributed by atoms with Gasteiger partial charge in [-0.05, 0) is 29.8 Å². The summed E-state index contributed by atoms with van der Waals surface area (Å²) in [6, 6.07) is 9.74. The third kappa shape index (κ3) is 3.43. The van der Waals surface area contributed by atoms with E-state index in [9.17, 15) is 9.18 Å². The molecule has 2 aromatic heterocycles. The van der Waals surface area contributed by atoms with Gasteiger partial charge in [-0.15, -0.1) is 0 Å². The van der Waals surface area contributed by atoms with Crippen molar-refractivity contribution in [3.63, 3.8) is 0 Å². The lowest BCUT2D eigenvalue weighted by Crippen LogP contribution is -2.29. The quantitative estimate of drug-likeness (QED) is 0.724. The summed E-state index contributed by atoms with van der Waals surface area (Å²) in [7, 11) is 1.59. The van der Waals surface area contributed by atoms with Crippen molar-refractivity contribution >= 4 is 11.0 Å². The van der Waals surface area contributed by atoms with Crippen LogP contribution in [0.3, 0.4) is 0 Å². The third-order valence-corrected chi connectivity index (χ3v) is 3.70. The highest BCUT2D eigenvalue weighted by Crippen LogP contribution is 2.09. The van der Waals surface area contributed by atoms with E-state index in [2.05, 4.69) is 9.97 Å². The smallest absolute Gasteiger partial charge is 0.279 e. The summed E-state index contributed by atoms with van der Waals surface area (Å²) in [6.45, 7) is 0.353. The Hall–Kier alpha value is -2.60. The Balaban J connectivity index is 1.83. The van der Waals surface area contributed by atoms with Crippen molar-refractivity contribution in [1.29, 1.82) is 0 Å². The fourth-order valence-electron chi connectivity index (χ4n) is 2.44. The SMILES string of the molecule is COC(Cc1ccc(F)cc1)Cn1cnc2cccnc2c1=O. The van der Waals surface area contributed by atoms with Gasteiger partial charge in [0, 0.05) is 19.7 Å². The molecule has 1 atom stereocenters. The number of aromatic nitrogens is 3. The molecule has 1 aromatic carbocycles. The van der Waals surface area contributed by atoms with Crippen molar-refractivity contribution in [3.8, 4) is 0 Å². The number of hydrogen-bond donors (Lipinski definition) is 0. The minimum absolute atomic E-state index is 0.197. The fraction of sp³-hybridized carbons (Fsp3) is 0.235. The van der Waals surface area contributed by atoms with Gasteiger partial charge in [0.2, 0.25) is 0 Å². The molecule has 0 aliphatic rings. The van der Waals surface area contributed by atoms with Gasteiger partial charge in [0.05, 0.1) is 24.5 Å². The van der Waals surface area contributed by atoms with Crippen LogP contribution in [0.25, 0.3) is 11.0 Å². The molecule has 0 saturated heterocycles. The molecular formula is C17H16FN3O2. The van der Waals surface area contributed by atoms with Crippen molar-refractivity contribution in [3.05, 3.63) is 70.7 Å². The van der Waals surface area contributed by atoms with Gasteiger partial charge in [-0.3, -0.25) is 9.36 Å². The molecule has 0 fully saturated rings. The minimum Gasteiger partial charge on any atom is -0.379 e. The van der Waals surface area contributed by atoms with Crippen LogP contribution in [-0.2, 0) is 17.7 Å². The van der Waals surface area contributed by atoms with Gasteiger partial charge in [-0.25, -0.2) is 14.4 Å². The second kappa shape index (κ2) is 6.66. The first-order valence-electron chi connectivity index (χ1n) is 7.25. The standard InChI is InChI=1S/C17H16FN3O2/c1-23-14(9-12-4-6-13(18)7-5-12)10-21-11-20-15-3-2-8-19-16(15)17(21)22/h2-8,11,14H,9-10H2,1H3. The first-order valence-corrected chi connectivity index (χ1v) is 7.25. The van der Waals surface area contributed by atoms with E-state index < -0.39 is 0 Å². The molecular weight excluding hydrogens is 297 g/mol. The number of ether oxygens (including phenoxy) is 1. The third-order valence-electron chi connectivity index (χ3n) is 3.70. The maximum absolute atomic E-state index is 13.0. The van der Waals surface area contributed by atoms with Crippen molar-refractivity contribution in [2.24, 2.45) is 0 Å². The number of hydrogen-bond acceptors (Lipinski definition) is 4. The molecule has 0 N–H and O–H groups in total. The highest BCUT2D eigenvalue weighted by molar-refractivity contribution is 5.71. The lowest BCUT2D eigenvalue weighted by Gasteiger charge is -2.16. The monoisotopic (exact) mass is 313 g/mol. The maximum atomic E-state index is 13.0. The first-order chi connectivity index (χ1) is 11.2. The van der Waals surface area contributed by atoms with E-state index in [0.717, 1.165) is 5.56 Å². The van der Waals surface area contributed by atoms with E-state index in [-0.39, 0.29) is 17.5 Å². The van der Waals surface area contributed by atoms with Crippen LogP contribution in [0, 0.1) is 5.82 Å². The number of pyridine rings is 1. The fourth-order valence-corrected chi connectivity index (χ4v) is 2.44. The summed E-state index contributed by atoms with van der Waals surface area (Å²) in [4.78, 5) is 20.8. The maximum Gasteiger partial charge on any atom is 0.279 e. The molecule has 2 heterocycles. The number of fused-ring (bicyclic) bond motifs is 1. The largest absolute Gasteiger partial charge is 0.379 e. The van der Waals surface area contributed by atoms with Crippen LogP contribution in [0.5, 0.6) is 0 Å². The van der Waals surface area contributed by atoms with Gasteiger partial charge in [0.15, 0.2) is 5.52 Å². The normalized spacial score (nSPS) is 12.4. The number of nitrogens with zero attached hydrogens (tertiary/aromatic N) is 3. The van der Waals surface area contributed by atoms with Crippen LogP contribution in [0.15, 0.2) is 53.7 Å². The van der Waals surface area contributed by atoms with Crippen LogP contribution in [0.2, 0.25) is 0 Å². The molecule has 3 aromatic rings. The first kappa shape index (κ1) is 15.3. The van der Waals surface area contributed by atoms with Gasteiger partial charge < -0.3 is 4.74 Å². The van der Waals surface area contributed by atoms with Crippen molar-refractivity contribution in [2.45, 2.75) is 19.1 Å². The Bertz CT molecular complexity index is 862. The van der Waals surface area contributed by atoms with E-state index in [4.69, 9.17) is 4.74 Å². The summed E-state index contributed by atoms with van der Waals surface area (Å²) in [5.74, 6) is -0.274. The Morgan fingerprint density at radius 2 is 2.00 bits per heavy atom. The zero-order valence-corrected chi connectivity index (χ0v) is 12.6. The van der Waals surface area contributed by atoms with Crippen LogP contribution in [-0.4, -0.2) is 27.7 Å². The average molecular weight is 313 g/mol. The van der Waals surface area contributed by atoms with E-state index in [1.165, 1.54) is 23.0 Å². The van der Waals surface area contributed by atoms with Crippen molar-refractivity contribution in [2.75, 3.05) is 7.11 Å². The van der Waals surface area contributed by atoms with Gasteiger partial charge >= 0.3 is 0 Å². The Morgan fingerprint density at radius 3 is 2.74 bits per heavy atom. The van der Waals surface area contributed by atoms with Crippen LogP contribution in [0.4, 0.5) is 4.39 Å². The highest BCUT2D eigenvalue weighted by atomic mass is 19.1. The van der Waals surface area contributed by atoms with Gasteiger partial charge in [0.25, 0.3) is 5.56 Å². The molecule has 23 heavy (non-hydrogen) atoms. The molecule has 0 bridgehead atoms. The molecule has 3 rings (SSSR count). The van der Waals surface area contributed by atoms with Crippen LogP contribution < -0.4 is 5.56 Å². The number of methoxy groups -OCH3 is 1. The average Bonchev–Trinajstić information content (AvgIpc) is 2.58. The molecule has 0 aliphatic heterocycles. The summed E-state index contributed by atoms with van der Waals surface area (Å²) in [5, 5.41) is 0. The second-order valence-corrected chi connectivity index (χ2v) is 5.26. The summed E-state index contributed by atoms with van der Waals surface area (Å²) >= 11 is 0. The van der Waals surface area contributed by atoms with Crippen molar-refractivity contribution < 1.29 is 9.13 Å². The van der Waals surface area contributed by atoms with E-state index in [1.54, 1.807) is 37.6 Å². The zero-order chi connectivity index (χ0) is 16.2. The van der Waals surface area contributed by atoms with Gasteiger partial charge in [-0.2, -0.15) is 0 Å². The Morgan fingerprint density at radius 1 is 1.22 bits per heavy atom. The minimum atomic E-state index is -0.274. The second-order valence-electron chi connectivity index (χ2n) is 5.26. The number of benzene rings is 1. The van der Waals surface area contributed by atoms with Crippen molar-refractivity contribution in [1.82, 2.24) is 14.5 Å². The Kier molecular flexibility index (Phi) is 4.43. The van der Waals surface area contributed by atoms with E-state index in [0.29, 0.717) is 24.0 Å². The molecule has 0 spiro atoms. The predicted octanol–water partition coefficient (Wildman–Crippen LogP) is 2.19. The predicted molar refractivity (Wildman–Crippen MR) is 84.7 cm³/mol.